The van der Waals surface area contributed by atoms with Crippen LogP contribution in [0.4, 0.5) is 0 Å². The van der Waals surface area contributed by atoms with Crippen LogP contribution in [0.3, 0.4) is 0 Å². The van der Waals surface area contributed by atoms with Gasteiger partial charge in [0.1, 0.15) is 0 Å². The molecule has 0 saturated carbocycles. The summed E-state index contributed by atoms with van der Waals surface area (Å²) in [6, 6.07) is 0. The zero-order valence-electron chi connectivity index (χ0n) is 13.0. The maximum atomic E-state index is 5.61. The van der Waals surface area contributed by atoms with Crippen molar-refractivity contribution in [2.75, 3.05) is 19.8 Å². The first-order chi connectivity index (χ1) is 7.62. The van der Waals surface area contributed by atoms with Gasteiger partial charge >= 0.3 is 0 Å². The quantitative estimate of drug-likeness (QED) is 0.654. The third kappa shape index (κ3) is 12.2. The van der Waals surface area contributed by atoms with Gasteiger partial charge in [-0.3, -0.25) is 0 Å². The van der Waals surface area contributed by atoms with E-state index in [1.165, 1.54) is 6.42 Å². The summed E-state index contributed by atoms with van der Waals surface area (Å²) in [6.45, 7) is 18.5. The molecular formula is C15H33NO. The lowest BCUT2D eigenvalue weighted by molar-refractivity contribution is 0.116. The first-order valence-electron chi connectivity index (χ1n) is 6.95. The van der Waals surface area contributed by atoms with E-state index in [2.05, 4.69) is 53.8 Å². The Balaban J connectivity index is 3.59. The summed E-state index contributed by atoms with van der Waals surface area (Å²) in [5.41, 5.74) is 0.564. The minimum atomic E-state index is 0.194. The maximum absolute atomic E-state index is 5.61. The summed E-state index contributed by atoms with van der Waals surface area (Å²) < 4.78 is 5.61. The highest BCUT2D eigenvalue weighted by Gasteiger charge is 2.24. The zero-order valence-corrected chi connectivity index (χ0v) is 13.0. The van der Waals surface area contributed by atoms with E-state index in [1.54, 1.807) is 0 Å². The second-order valence-corrected chi connectivity index (χ2v) is 7.34. The van der Waals surface area contributed by atoms with Crippen LogP contribution in [-0.2, 0) is 4.74 Å². The van der Waals surface area contributed by atoms with Crippen LogP contribution >= 0.6 is 0 Å². The fraction of sp³-hybridized carbons (Fsp3) is 1.00. The molecule has 0 unspecified atom stereocenters. The molecule has 1 N–H and O–H groups in total. The average molecular weight is 243 g/mol. The normalized spacial score (nSPS) is 13.4. The first kappa shape index (κ1) is 16.9. The monoisotopic (exact) mass is 243 g/mol. The van der Waals surface area contributed by atoms with E-state index in [9.17, 15) is 0 Å². The van der Waals surface area contributed by atoms with Gasteiger partial charge in [0.2, 0.25) is 0 Å². The molecular weight excluding hydrogens is 210 g/mol. The topological polar surface area (TPSA) is 21.3 Å². The molecule has 0 aromatic rings. The van der Waals surface area contributed by atoms with Crippen LogP contribution in [0.2, 0.25) is 0 Å². The van der Waals surface area contributed by atoms with Gasteiger partial charge in [0, 0.05) is 18.7 Å². The van der Waals surface area contributed by atoms with Gasteiger partial charge in [0.05, 0.1) is 6.61 Å². The van der Waals surface area contributed by atoms with Gasteiger partial charge in [-0.05, 0) is 38.0 Å². The lowest BCUT2D eigenvalue weighted by atomic mass is 9.82. The number of nitrogens with one attached hydrogen (secondary N) is 1. The maximum Gasteiger partial charge on any atom is 0.0591 e. The van der Waals surface area contributed by atoms with E-state index in [4.69, 9.17) is 4.74 Å². The molecule has 0 atom stereocenters. The Kier molecular flexibility index (Phi) is 7.34. The van der Waals surface area contributed by atoms with E-state index in [0.29, 0.717) is 5.41 Å². The van der Waals surface area contributed by atoms with Crippen LogP contribution in [0, 0.1) is 11.3 Å². The van der Waals surface area contributed by atoms with Crippen molar-refractivity contribution in [3.05, 3.63) is 0 Å². The van der Waals surface area contributed by atoms with Crippen LogP contribution in [0.15, 0.2) is 0 Å². The third-order valence-electron chi connectivity index (χ3n) is 2.66. The van der Waals surface area contributed by atoms with Crippen LogP contribution in [0.25, 0.3) is 0 Å². The summed E-state index contributed by atoms with van der Waals surface area (Å²) in [4.78, 5) is 0. The minimum absolute atomic E-state index is 0.194. The molecule has 0 amide bonds. The number of rotatable bonds is 8. The lowest BCUT2D eigenvalue weighted by Gasteiger charge is -2.33. The molecule has 0 radical (unpaired) electrons. The predicted octanol–water partition coefficient (Wildman–Crippen LogP) is 3.85. The van der Waals surface area contributed by atoms with Gasteiger partial charge in [0.25, 0.3) is 0 Å². The Hall–Kier alpha value is -0.0800. The smallest absolute Gasteiger partial charge is 0.0591 e. The molecule has 0 bridgehead atoms. The highest BCUT2D eigenvalue weighted by Crippen LogP contribution is 2.26. The Morgan fingerprint density at radius 1 is 1.00 bits per heavy atom. The zero-order chi connectivity index (χ0) is 13.5. The molecule has 0 heterocycles. The van der Waals surface area contributed by atoms with Crippen LogP contribution in [0.5, 0.6) is 0 Å². The molecule has 0 aromatic heterocycles. The van der Waals surface area contributed by atoms with Crippen molar-refractivity contribution in [1.82, 2.24) is 5.32 Å². The fourth-order valence-electron chi connectivity index (χ4n) is 2.27. The molecule has 0 aliphatic carbocycles. The predicted molar refractivity (Wildman–Crippen MR) is 76.4 cm³/mol. The van der Waals surface area contributed by atoms with E-state index >= 15 is 0 Å². The second kappa shape index (κ2) is 7.38. The van der Waals surface area contributed by atoms with E-state index in [1.807, 2.05) is 0 Å². The highest BCUT2D eigenvalue weighted by atomic mass is 16.5. The van der Waals surface area contributed by atoms with Gasteiger partial charge in [-0.15, -0.1) is 0 Å². The SMILES string of the molecule is CC(C)CCOCCNC(C)(C)CC(C)(C)C. The molecule has 0 spiro atoms. The summed E-state index contributed by atoms with van der Waals surface area (Å²) in [5.74, 6) is 0.736. The molecule has 0 aliphatic rings. The molecule has 2 heteroatoms. The van der Waals surface area contributed by atoms with E-state index < -0.39 is 0 Å². The van der Waals surface area contributed by atoms with Gasteiger partial charge in [-0.2, -0.15) is 0 Å². The van der Waals surface area contributed by atoms with Crippen molar-refractivity contribution in [2.45, 2.75) is 66.8 Å². The summed E-state index contributed by atoms with van der Waals surface area (Å²) in [6.07, 6.45) is 2.33. The summed E-state index contributed by atoms with van der Waals surface area (Å²) in [5, 5.41) is 3.58. The number of hydrogen-bond donors (Lipinski definition) is 1. The van der Waals surface area contributed by atoms with Crippen molar-refractivity contribution in [3.63, 3.8) is 0 Å². The number of ether oxygens (including phenoxy) is 1. The van der Waals surface area contributed by atoms with Crippen molar-refractivity contribution in [1.29, 1.82) is 0 Å². The summed E-state index contributed by atoms with van der Waals surface area (Å²) >= 11 is 0. The molecule has 0 aliphatic heterocycles. The van der Waals surface area contributed by atoms with Crippen LogP contribution in [-0.4, -0.2) is 25.3 Å². The molecule has 0 aromatic carbocycles. The molecule has 104 valence electrons. The summed E-state index contributed by atoms with van der Waals surface area (Å²) in [7, 11) is 0. The minimum Gasteiger partial charge on any atom is -0.380 e. The van der Waals surface area contributed by atoms with Crippen LogP contribution < -0.4 is 5.32 Å². The molecule has 0 saturated heterocycles. The Bertz CT molecular complexity index is 192. The van der Waals surface area contributed by atoms with Gasteiger partial charge in [-0.1, -0.05) is 34.6 Å². The lowest BCUT2D eigenvalue weighted by Crippen LogP contribution is -2.43. The first-order valence-corrected chi connectivity index (χ1v) is 6.95. The standard InChI is InChI=1S/C15H33NO/c1-13(2)8-10-17-11-9-16-15(6,7)12-14(3,4)5/h13,16H,8-12H2,1-7H3. The molecule has 0 rings (SSSR count). The van der Waals surface area contributed by atoms with Crippen molar-refractivity contribution in [2.24, 2.45) is 11.3 Å². The molecule has 0 fully saturated rings. The fourth-order valence-corrected chi connectivity index (χ4v) is 2.27. The van der Waals surface area contributed by atoms with Crippen LogP contribution in [0.1, 0.15) is 61.3 Å². The van der Waals surface area contributed by atoms with Gasteiger partial charge < -0.3 is 10.1 Å². The van der Waals surface area contributed by atoms with Gasteiger partial charge in [-0.25, -0.2) is 0 Å². The number of hydrogen-bond acceptors (Lipinski definition) is 2. The van der Waals surface area contributed by atoms with Crippen molar-refractivity contribution >= 4 is 0 Å². The molecule has 2 nitrogen and oxygen atoms in total. The Morgan fingerprint density at radius 2 is 1.59 bits per heavy atom. The van der Waals surface area contributed by atoms with Gasteiger partial charge in [0.15, 0.2) is 0 Å². The highest BCUT2D eigenvalue weighted by molar-refractivity contribution is 4.82. The van der Waals surface area contributed by atoms with E-state index in [-0.39, 0.29) is 5.54 Å². The Labute approximate surface area is 109 Å². The van der Waals surface area contributed by atoms with Crippen molar-refractivity contribution < 1.29 is 4.74 Å². The average Bonchev–Trinajstić information content (AvgIpc) is 2.06. The Morgan fingerprint density at radius 3 is 2.06 bits per heavy atom. The third-order valence-corrected chi connectivity index (χ3v) is 2.66. The molecule has 17 heavy (non-hydrogen) atoms. The largest absolute Gasteiger partial charge is 0.380 e. The second-order valence-electron chi connectivity index (χ2n) is 7.34. The van der Waals surface area contributed by atoms with E-state index in [0.717, 1.165) is 32.1 Å². The van der Waals surface area contributed by atoms with Crippen molar-refractivity contribution in [3.8, 4) is 0 Å².